The topological polar surface area (TPSA) is 38.3 Å². The van der Waals surface area contributed by atoms with Crippen LogP contribution in [0.3, 0.4) is 0 Å². The predicted octanol–water partition coefficient (Wildman–Crippen LogP) is 2.99. The van der Waals surface area contributed by atoms with Crippen LogP contribution in [0.15, 0.2) is 0 Å². The average molecular weight is 255 g/mol. The first-order chi connectivity index (χ1) is 8.30. The van der Waals surface area contributed by atoms with Gasteiger partial charge in [0, 0.05) is 6.04 Å². The molecule has 1 saturated carbocycles. The largest absolute Gasteiger partial charge is 0.468 e. The second-order valence-electron chi connectivity index (χ2n) is 6.71. The molecule has 0 radical (unpaired) electrons. The van der Waals surface area contributed by atoms with Crippen molar-refractivity contribution in [2.75, 3.05) is 7.11 Å². The Kier molecular flexibility index (Phi) is 5.20. The molecular formula is C15H29NO2. The molecular weight excluding hydrogens is 226 g/mol. The zero-order chi connectivity index (χ0) is 13.9. The van der Waals surface area contributed by atoms with E-state index in [1.165, 1.54) is 13.5 Å². The SMILES string of the molecule is CCC(C)C(NC1CC(C)(C)CC1C)C(=O)OC. The molecule has 0 bridgehead atoms. The molecule has 18 heavy (non-hydrogen) atoms. The van der Waals surface area contributed by atoms with E-state index in [4.69, 9.17) is 4.74 Å². The Balaban J connectivity index is 2.69. The highest BCUT2D eigenvalue weighted by molar-refractivity contribution is 5.76. The summed E-state index contributed by atoms with van der Waals surface area (Å²) in [6, 6.07) is 0.263. The summed E-state index contributed by atoms with van der Waals surface area (Å²) in [5.74, 6) is 0.811. The maximum atomic E-state index is 11.9. The molecule has 0 aliphatic heterocycles. The lowest BCUT2D eigenvalue weighted by Gasteiger charge is -2.28. The van der Waals surface area contributed by atoms with Gasteiger partial charge in [0.05, 0.1) is 7.11 Å². The van der Waals surface area contributed by atoms with Gasteiger partial charge in [-0.05, 0) is 30.1 Å². The Morgan fingerprint density at radius 3 is 2.44 bits per heavy atom. The van der Waals surface area contributed by atoms with Gasteiger partial charge in [-0.2, -0.15) is 0 Å². The molecule has 1 rings (SSSR count). The molecule has 0 aromatic carbocycles. The standard InChI is InChI=1S/C15H29NO2/c1-7-10(2)13(14(17)18-6)16-12-9-15(4,5)8-11(12)3/h10-13,16H,7-9H2,1-6H3. The molecule has 3 heteroatoms. The second kappa shape index (κ2) is 6.05. The molecule has 0 amide bonds. The number of hydrogen-bond acceptors (Lipinski definition) is 3. The molecule has 1 N–H and O–H groups in total. The van der Waals surface area contributed by atoms with Crippen LogP contribution in [0, 0.1) is 17.3 Å². The molecule has 0 saturated heterocycles. The number of methoxy groups -OCH3 is 1. The van der Waals surface area contributed by atoms with Gasteiger partial charge in [0.1, 0.15) is 6.04 Å². The van der Waals surface area contributed by atoms with E-state index in [-0.39, 0.29) is 12.0 Å². The summed E-state index contributed by atoms with van der Waals surface area (Å²) in [7, 11) is 1.47. The van der Waals surface area contributed by atoms with Crippen LogP contribution in [0.25, 0.3) is 0 Å². The van der Waals surface area contributed by atoms with E-state index >= 15 is 0 Å². The summed E-state index contributed by atoms with van der Waals surface area (Å²) in [4.78, 5) is 11.9. The van der Waals surface area contributed by atoms with Crippen LogP contribution < -0.4 is 5.32 Å². The van der Waals surface area contributed by atoms with E-state index in [0.717, 1.165) is 12.8 Å². The van der Waals surface area contributed by atoms with Gasteiger partial charge in [-0.3, -0.25) is 4.79 Å². The Hall–Kier alpha value is -0.570. The summed E-state index contributed by atoms with van der Waals surface area (Å²) < 4.78 is 4.93. The molecule has 1 aliphatic rings. The van der Waals surface area contributed by atoms with E-state index in [1.807, 2.05) is 0 Å². The molecule has 0 aromatic rings. The molecule has 0 heterocycles. The molecule has 1 aliphatic carbocycles. The smallest absolute Gasteiger partial charge is 0.323 e. The normalized spacial score (nSPS) is 29.9. The summed E-state index contributed by atoms with van der Waals surface area (Å²) >= 11 is 0. The van der Waals surface area contributed by atoms with Crippen molar-refractivity contribution < 1.29 is 9.53 Å². The van der Waals surface area contributed by atoms with Crippen molar-refractivity contribution in [3.8, 4) is 0 Å². The molecule has 0 spiro atoms. The van der Waals surface area contributed by atoms with E-state index in [1.54, 1.807) is 0 Å². The van der Waals surface area contributed by atoms with E-state index in [2.05, 4.69) is 39.9 Å². The first-order valence-corrected chi connectivity index (χ1v) is 7.14. The van der Waals surface area contributed by atoms with Crippen LogP contribution in [0.1, 0.15) is 53.9 Å². The number of carbonyl (C=O) groups is 1. The highest BCUT2D eigenvalue weighted by Crippen LogP contribution is 2.41. The Bertz CT molecular complexity index is 288. The van der Waals surface area contributed by atoms with Gasteiger partial charge in [0.25, 0.3) is 0 Å². The van der Waals surface area contributed by atoms with Crippen molar-refractivity contribution in [3.05, 3.63) is 0 Å². The fourth-order valence-electron chi connectivity index (χ4n) is 3.17. The lowest BCUT2D eigenvalue weighted by molar-refractivity contribution is -0.144. The Morgan fingerprint density at radius 2 is 2.06 bits per heavy atom. The molecule has 4 atom stereocenters. The van der Waals surface area contributed by atoms with Crippen LogP contribution >= 0.6 is 0 Å². The lowest BCUT2D eigenvalue weighted by Crippen LogP contribution is -2.48. The van der Waals surface area contributed by atoms with Crippen molar-refractivity contribution in [2.45, 2.75) is 66.0 Å². The van der Waals surface area contributed by atoms with Crippen LogP contribution in [-0.4, -0.2) is 25.2 Å². The number of nitrogens with one attached hydrogen (secondary N) is 1. The van der Waals surface area contributed by atoms with E-state index in [9.17, 15) is 4.79 Å². The third-order valence-electron chi connectivity index (χ3n) is 4.40. The van der Waals surface area contributed by atoms with E-state index in [0.29, 0.717) is 23.3 Å². The van der Waals surface area contributed by atoms with Gasteiger partial charge >= 0.3 is 5.97 Å². The minimum atomic E-state index is -0.165. The molecule has 4 unspecified atom stereocenters. The van der Waals surface area contributed by atoms with Crippen molar-refractivity contribution in [2.24, 2.45) is 17.3 Å². The maximum Gasteiger partial charge on any atom is 0.323 e. The highest BCUT2D eigenvalue weighted by Gasteiger charge is 2.39. The second-order valence-corrected chi connectivity index (χ2v) is 6.71. The third-order valence-corrected chi connectivity index (χ3v) is 4.40. The minimum absolute atomic E-state index is 0.124. The van der Waals surface area contributed by atoms with Gasteiger partial charge in [0.15, 0.2) is 0 Å². The van der Waals surface area contributed by atoms with Crippen molar-refractivity contribution in [3.63, 3.8) is 0 Å². The predicted molar refractivity (Wildman–Crippen MR) is 74.4 cm³/mol. The minimum Gasteiger partial charge on any atom is -0.468 e. The zero-order valence-electron chi connectivity index (χ0n) is 12.7. The van der Waals surface area contributed by atoms with Crippen molar-refractivity contribution in [1.82, 2.24) is 5.32 Å². The van der Waals surface area contributed by atoms with Crippen LogP contribution in [0.2, 0.25) is 0 Å². The first kappa shape index (κ1) is 15.5. The van der Waals surface area contributed by atoms with Crippen molar-refractivity contribution in [1.29, 1.82) is 0 Å². The number of hydrogen-bond donors (Lipinski definition) is 1. The summed E-state index contributed by atoms with van der Waals surface area (Å²) in [5, 5.41) is 3.55. The zero-order valence-corrected chi connectivity index (χ0v) is 12.7. The molecule has 0 aromatic heterocycles. The molecule has 1 fully saturated rings. The van der Waals surface area contributed by atoms with Gasteiger partial charge in [0.2, 0.25) is 0 Å². The fourth-order valence-corrected chi connectivity index (χ4v) is 3.17. The number of rotatable bonds is 5. The molecule has 3 nitrogen and oxygen atoms in total. The third kappa shape index (κ3) is 3.71. The van der Waals surface area contributed by atoms with Gasteiger partial charge in [-0.1, -0.05) is 41.0 Å². The summed E-state index contributed by atoms with van der Waals surface area (Å²) in [6.07, 6.45) is 3.34. The lowest BCUT2D eigenvalue weighted by atomic mass is 9.91. The summed E-state index contributed by atoms with van der Waals surface area (Å²) in [6.45, 7) is 11.1. The Labute approximate surface area is 112 Å². The number of esters is 1. The number of carbonyl (C=O) groups excluding carboxylic acids is 1. The van der Waals surface area contributed by atoms with Crippen LogP contribution in [0.5, 0.6) is 0 Å². The van der Waals surface area contributed by atoms with Gasteiger partial charge in [-0.25, -0.2) is 0 Å². The average Bonchev–Trinajstić information content (AvgIpc) is 2.57. The van der Waals surface area contributed by atoms with Crippen LogP contribution in [-0.2, 0) is 9.53 Å². The monoisotopic (exact) mass is 255 g/mol. The fraction of sp³-hybridized carbons (Fsp3) is 0.933. The quantitative estimate of drug-likeness (QED) is 0.768. The first-order valence-electron chi connectivity index (χ1n) is 7.14. The maximum absolute atomic E-state index is 11.9. The van der Waals surface area contributed by atoms with Crippen LogP contribution in [0.4, 0.5) is 0 Å². The highest BCUT2D eigenvalue weighted by atomic mass is 16.5. The molecule has 106 valence electrons. The van der Waals surface area contributed by atoms with Crippen molar-refractivity contribution >= 4 is 5.97 Å². The van der Waals surface area contributed by atoms with E-state index < -0.39 is 0 Å². The van der Waals surface area contributed by atoms with Gasteiger partial charge < -0.3 is 10.1 Å². The summed E-state index contributed by atoms with van der Waals surface area (Å²) in [5.41, 5.74) is 0.382. The van der Waals surface area contributed by atoms with Gasteiger partial charge in [-0.15, -0.1) is 0 Å². The number of ether oxygens (including phenoxy) is 1. The Morgan fingerprint density at radius 1 is 1.44 bits per heavy atom.